The minimum absolute atomic E-state index is 0.0687. The lowest BCUT2D eigenvalue weighted by Gasteiger charge is -2.14. The standard InChI is InChI=1S/C21H25NO7S/c1-15(16-8-5-4-6-9-16)29-11-7-10-22-30(25,26)19-13-17(20(23)27-2)12-18(14-19)21(24)28-3/h4-6,8-9,12-15,22H,7,10-11H2,1-3H3. The molecule has 0 aliphatic heterocycles. The number of hydrogen-bond acceptors (Lipinski definition) is 7. The van der Waals surface area contributed by atoms with Gasteiger partial charge in [-0.2, -0.15) is 0 Å². The van der Waals surface area contributed by atoms with Gasteiger partial charge in [0.1, 0.15) is 0 Å². The summed E-state index contributed by atoms with van der Waals surface area (Å²) in [5.74, 6) is -1.53. The second-order valence-electron chi connectivity index (χ2n) is 6.40. The van der Waals surface area contributed by atoms with Gasteiger partial charge in [-0.15, -0.1) is 0 Å². The third-order valence-corrected chi connectivity index (χ3v) is 5.75. The highest BCUT2D eigenvalue weighted by Crippen LogP contribution is 2.18. The van der Waals surface area contributed by atoms with Crippen LogP contribution in [0.15, 0.2) is 53.4 Å². The van der Waals surface area contributed by atoms with Crippen LogP contribution < -0.4 is 4.72 Å². The predicted octanol–water partition coefficient (Wildman–Crippen LogP) is 2.71. The summed E-state index contributed by atoms with van der Waals surface area (Å²) in [5, 5.41) is 0. The lowest BCUT2D eigenvalue weighted by molar-refractivity contribution is 0.0598. The lowest BCUT2D eigenvalue weighted by atomic mass is 10.1. The summed E-state index contributed by atoms with van der Waals surface area (Å²) in [6, 6.07) is 13.2. The van der Waals surface area contributed by atoms with Crippen molar-refractivity contribution >= 4 is 22.0 Å². The zero-order valence-electron chi connectivity index (χ0n) is 17.1. The van der Waals surface area contributed by atoms with E-state index in [1.807, 2.05) is 37.3 Å². The van der Waals surface area contributed by atoms with Crippen LogP contribution in [-0.4, -0.2) is 47.7 Å². The van der Waals surface area contributed by atoms with Gasteiger partial charge in [0, 0.05) is 13.2 Å². The van der Waals surface area contributed by atoms with Crippen molar-refractivity contribution in [1.29, 1.82) is 0 Å². The number of carbonyl (C=O) groups excluding carboxylic acids is 2. The molecule has 1 unspecified atom stereocenters. The van der Waals surface area contributed by atoms with E-state index >= 15 is 0 Å². The molecule has 0 aliphatic carbocycles. The molecular formula is C21H25NO7S. The predicted molar refractivity (Wildman–Crippen MR) is 110 cm³/mol. The van der Waals surface area contributed by atoms with E-state index in [4.69, 9.17) is 4.74 Å². The molecule has 0 saturated heterocycles. The molecule has 162 valence electrons. The van der Waals surface area contributed by atoms with E-state index in [1.165, 1.54) is 6.07 Å². The Bertz CT molecular complexity index is 940. The molecule has 8 nitrogen and oxygen atoms in total. The average Bonchev–Trinajstić information content (AvgIpc) is 2.77. The molecule has 2 aromatic rings. The van der Waals surface area contributed by atoms with Gasteiger partial charge in [0.25, 0.3) is 0 Å². The van der Waals surface area contributed by atoms with Crippen molar-refractivity contribution in [2.45, 2.75) is 24.3 Å². The Morgan fingerprint density at radius 3 is 2.07 bits per heavy atom. The quantitative estimate of drug-likeness (QED) is 0.451. The number of ether oxygens (including phenoxy) is 3. The average molecular weight is 435 g/mol. The normalized spacial score (nSPS) is 12.2. The second kappa shape index (κ2) is 10.9. The van der Waals surface area contributed by atoms with Gasteiger partial charge < -0.3 is 14.2 Å². The molecule has 0 aliphatic rings. The number of hydrogen-bond donors (Lipinski definition) is 1. The van der Waals surface area contributed by atoms with Crippen molar-refractivity contribution in [3.63, 3.8) is 0 Å². The molecule has 0 aromatic heterocycles. The first-order valence-corrected chi connectivity index (χ1v) is 10.7. The van der Waals surface area contributed by atoms with E-state index in [1.54, 1.807) is 0 Å². The molecule has 30 heavy (non-hydrogen) atoms. The first-order valence-electron chi connectivity index (χ1n) is 9.26. The number of methoxy groups -OCH3 is 2. The smallest absolute Gasteiger partial charge is 0.337 e. The maximum atomic E-state index is 12.6. The fourth-order valence-electron chi connectivity index (χ4n) is 2.67. The molecule has 0 bridgehead atoms. The summed E-state index contributed by atoms with van der Waals surface area (Å²) < 4.78 is 42.7. The van der Waals surface area contributed by atoms with E-state index in [2.05, 4.69) is 14.2 Å². The van der Waals surface area contributed by atoms with Crippen LogP contribution in [0.3, 0.4) is 0 Å². The summed E-state index contributed by atoms with van der Waals surface area (Å²) in [4.78, 5) is 23.4. The van der Waals surface area contributed by atoms with Crippen molar-refractivity contribution in [1.82, 2.24) is 4.72 Å². The molecule has 9 heteroatoms. The molecule has 0 fully saturated rings. The molecule has 2 rings (SSSR count). The molecular weight excluding hydrogens is 410 g/mol. The van der Waals surface area contributed by atoms with Gasteiger partial charge in [-0.05, 0) is 37.1 Å². The van der Waals surface area contributed by atoms with Gasteiger partial charge in [-0.1, -0.05) is 30.3 Å². The van der Waals surface area contributed by atoms with Crippen LogP contribution in [0.4, 0.5) is 0 Å². The number of sulfonamides is 1. The number of carbonyl (C=O) groups is 2. The molecule has 0 heterocycles. The zero-order chi connectivity index (χ0) is 22.1. The summed E-state index contributed by atoms with van der Waals surface area (Å²) in [5.41, 5.74) is 0.898. The minimum atomic E-state index is -3.96. The topological polar surface area (TPSA) is 108 Å². The Kier molecular flexibility index (Phi) is 8.52. The van der Waals surface area contributed by atoms with Crippen LogP contribution >= 0.6 is 0 Å². The van der Waals surface area contributed by atoms with Crippen molar-refractivity contribution in [3.05, 3.63) is 65.2 Å². The number of esters is 2. The molecule has 2 aromatic carbocycles. The fraction of sp³-hybridized carbons (Fsp3) is 0.333. The maximum absolute atomic E-state index is 12.6. The summed E-state index contributed by atoms with van der Waals surface area (Å²) in [6.07, 6.45) is 0.332. The first kappa shape index (κ1) is 23.5. The first-order chi connectivity index (χ1) is 14.3. The van der Waals surface area contributed by atoms with E-state index in [-0.39, 0.29) is 28.7 Å². The summed E-state index contributed by atoms with van der Waals surface area (Å²) in [6.45, 7) is 2.40. The number of rotatable bonds is 10. The molecule has 0 saturated carbocycles. The van der Waals surface area contributed by atoms with E-state index in [0.717, 1.165) is 31.9 Å². The van der Waals surface area contributed by atoms with Crippen molar-refractivity contribution in [2.75, 3.05) is 27.4 Å². The third kappa shape index (κ3) is 6.38. The van der Waals surface area contributed by atoms with Gasteiger partial charge in [0.2, 0.25) is 10.0 Å². The monoisotopic (exact) mass is 435 g/mol. The Morgan fingerprint density at radius 1 is 0.967 bits per heavy atom. The van der Waals surface area contributed by atoms with E-state index < -0.39 is 22.0 Å². The largest absolute Gasteiger partial charge is 0.465 e. The Balaban J connectivity index is 2.00. The van der Waals surface area contributed by atoms with Crippen molar-refractivity contribution in [3.8, 4) is 0 Å². The molecule has 0 amide bonds. The van der Waals surface area contributed by atoms with Gasteiger partial charge in [-0.25, -0.2) is 22.7 Å². The van der Waals surface area contributed by atoms with Crippen LogP contribution in [0.25, 0.3) is 0 Å². The number of nitrogens with one attached hydrogen (secondary N) is 1. The molecule has 0 spiro atoms. The van der Waals surface area contributed by atoms with E-state index in [0.29, 0.717) is 13.0 Å². The minimum Gasteiger partial charge on any atom is -0.465 e. The van der Waals surface area contributed by atoms with Crippen LogP contribution in [0, 0.1) is 0 Å². The highest BCUT2D eigenvalue weighted by Gasteiger charge is 2.21. The zero-order valence-corrected chi connectivity index (χ0v) is 17.9. The van der Waals surface area contributed by atoms with Crippen molar-refractivity contribution < 1.29 is 32.2 Å². The fourth-order valence-corrected chi connectivity index (χ4v) is 3.81. The van der Waals surface area contributed by atoms with Crippen LogP contribution in [-0.2, 0) is 24.2 Å². The molecule has 1 atom stereocenters. The highest BCUT2D eigenvalue weighted by atomic mass is 32.2. The third-order valence-electron chi connectivity index (χ3n) is 4.31. The van der Waals surface area contributed by atoms with Crippen LogP contribution in [0.5, 0.6) is 0 Å². The molecule has 0 radical (unpaired) electrons. The second-order valence-corrected chi connectivity index (χ2v) is 8.17. The van der Waals surface area contributed by atoms with Gasteiger partial charge >= 0.3 is 11.9 Å². The molecule has 1 N–H and O–H groups in total. The summed E-state index contributed by atoms with van der Waals surface area (Å²) in [7, 11) is -1.64. The van der Waals surface area contributed by atoms with Crippen LogP contribution in [0.2, 0.25) is 0 Å². The van der Waals surface area contributed by atoms with Crippen LogP contribution in [0.1, 0.15) is 45.7 Å². The number of benzene rings is 2. The van der Waals surface area contributed by atoms with Gasteiger partial charge in [-0.3, -0.25) is 0 Å². The van der Waals surface area contributed by atoms with Gasteiger partial charge in [0.15, 0.2) is 0 Å². The Morgan fingerprint density at radius 2 is 1.53 bits per heavy atom. The van der Waals surface area contributed by atoms with Gasteiger partial charge in [0.05, 0.1) is 36.3 Å². The van der Waals surface area contributed by atoms with E-state index in [9.17, 15) is 18.0 Å². The summed E-state index contributed by atoms with van der Waals surface area (Å²) >= 11 is 0. The van der Waals surface area contributed by atoms with Crippen molar-refractivity contribution in [2.24, 2.45) is 0 Å². The lowest BCUT2D eigenvalue weighted by Crippen LogP contribution is -2.26. The maximum Gasteiger partial charge on any atom is 0.337 e. The Labute approximate surface area is 176 Å². The SMILES string of the molecule is COC(=O)c1cc(C(=O)OC)cc(S(=O)(=O)NCCCOC(C)c2ccccc2)c1. The Hall–Kier alpha value is -2.75. The highest BCUT2D eigenvalue weighted by molar-refractivity contribution is 7.89.